The Hall–Kier alpha value is -0.580. The minimum atomic E-state index is 0.0855. The van der Waals surface area contributed by atoms with Crippen molar-refractivity contribution < 1.29 is 4.79 Å². The Kier molecular flexibility index (Phi) is 4.07. The second-order valence-corrected chi connectivity index (χ2v) is 7.19. The molecule has 1 unspecified atom stereocenters. The molecule has 2 N–H and O–H groups in total. The molecule has 1 saturated heterocycles. The second kappa shape index (κ2) is 5.66. The van der Waals surface area contributed by atoms with Crippen LogP contribution in [0.5, 0.6) is 0 Å². The Morgan fingerprint density at radius 1 is 1.30 bits per heavy atom. The van der Waals surface area contributed by atoms with Gasteiger partial charge in [0, 0.05) is 29.2 Å². The van der Waals surface area contributed by atoms with Gasteiger partial charge in [-0.15, -0.1) is 0 Å². The van der Waals surface area contributed by atoms with E-state index in [4.69, 9.17) is 17.3 Å². The maximum absolute atomic E-state index is 12.6. The van der Waals surface area contributed by atoms with Crippen LogP contribution in [0.3, 0.4) is 0 Å². The summed E-state index contributed by atoms with van der Waals surface area (Å²) in [7, 11) is 0. The van der Waals surface area contributed by atoms with Gasteiger partial charge in [0.2, 0.25) is 0 Å². The number of likely N-dealkylation sites (tertiary alicyclic amines) is 1. The van der Waals surface area contributed by atoms with Gasteiger partial charge in [0.15, 0.2) is 0 Å². The highest BCUT2D eigenvalue weighted by Gasteiger charge is 2.38. The Bertz CT molecular complexity index is 537. The van der Waals surface area contributed by atoms with Gasteiger partial charge >= 0.3 is 0 Å². The number of amides is 1. The average molecular weight is 358 g/mol. The number of carbonyl (C=O) groups excluding carboxylic acids is 1. The number of carbonyl (C=O) groups is 1. The summed E-state index contributed by atoms with van der Waals surface area (Å²) in [6, 6.07) is 5.70. The highest BCUT2D eigenvalue weighted by Crippen LogP contribution is 2.36. The molecule has 0 radical (unpaired) electrons. The largest absolute Gasteiger partial charge is 0.338 e. The van der Waals surface area contributed by atoms with Gasteiger partial charge in [-0.3, -0.25) is 4.79 Å². The summed E-state index contributed by atoms with van der Waals surface area (Å²) in [5, 5.41) is 0.578. The van der Waals surface area contributed by atoms with Crippen LogP contribution in [0.4, 0.5) is 0 Å². The normalized spacial score (nSPS) is 29.4. The molecular weight excluding hydrogens is 340 g/mol. The van der Waals surface area contributed by atoms with Crippen molar-refractivity contribution in [3.8, 4) is 0 Å². The average Bonchev–Trinajstić information content (AvgIpc) is 2.84. The van der Waals surface area contributed by atoms with E-state index in [1.807, 2.05) is 17.0 Å². The van der Waals surface area contributed by atoms with E-state index >= 15 is 0 Å². The summed E-state index contributed by atoms with van der Waals surface area (Å²) in [6.45, 7) is 1.70. The van der Waals surface area contributed by atoms with Crippen molar-refractivity contribution in [2.75, 3.05) is 13.1 Å². The molecule has 20 heavy (non-hydrogen) atoms. The lowest BCUT2D eigenvalue weighted by Crippen LogP contribution is -2.32. The summed E-state index contributed by atoms with van der Waals surface area (Å²) in [6.07, 6.45) is 3.29. The van der Waals surface area contributed by atoms with E-state index in [-0.39, 0.29) is 5.91 Å². The summed E-state index contributed by atoms with van der Waals surface area (Å²) in [4.78, 5) is 14.5. The number of hydrogen-bond acceptors (Lipinski definition) is 2. The minimum Gasteiger partial charge on any atom is -0.338 e. The highest BCUT2D eigenvalue weighted by molar-refractivity contribution is 9.10. The number of nitrogens with two attached hydrogens (primary N) is 1. The number of rotatable bonds is 1. The summed E-state index contributed by atoms with van der Waals surface area (Å²) in [5.41, 5.74) is 6.70. The van der Waals surface area contributed by atoms with E-state index < -0.39 is 0 Å². The molecule has 1 amide bonds. The molecule has 2 fully saturated rings. The smallest absolute Gasteiger partial charge is 0.253 e. The third-order valence-corrected chi connectivity index (χ3v) is 5.78. The number of benzene rings is 1. The quantitative estimate of drug-likeness (QED) is 0.838. The van der Waals surface area contributed by atoms with Gasteiger partial charge in [0.25, 0.3) is 5.91 Å². The van der Waals surface area contributed by atoms with Crippen LogP contribution in [0.25, 0.3) is 0 Å². The van der Waals surface area contributed by atoms with Crippen LogP contribution >= 0.6 is 27.5 Å². The number of halogens is 2. The molecule has 3 rings (SSSR count). The van der Waals surface area contributed by atoms with Crippen molar-refractivity contribution >= 4 is 33.4 Å². The lowest BCUT2D eigenvalue weighted by Gasteiger charge is -2.27. The highest BCUT2D eigenvalue weighted by atomic mass is 79.9. The molecule has 0 spiro atoms. The molecule has 3 atom stereocenters. The van der Waals surface area contributed by atoms with Crippen LogP contribution in [0, 0.1) is 11.8 Å². The first kappa shape index (κ1) is 14.4. The first-order valence-electron chi connectivity index (χ1n) is 7.04. The SMILES string of the molecule is NC1CC[C@@H]2CN(C(=O)c3ccc(Br)c(Cl)c3)C[C@@H]2C1. The third kappa shape index (κ3) is 2.74. The van der Waals surface area contributed by atoms with Crippen molar-refractivity contribution in [3.05, 3.63) is 33.3 Å². The molecule has 0 aromatic heterocycles. The zero-order valence-corrected chi connectivity index (χ0v) is 13.5. The molecule has 5 heteroatoms. The maximum atomic E-state index is 12.6. The molecule has 2 aliphatic rings. The fourth-order valence-corrected chi connectivity index (χ4v) is 3.87. The van der Waals surface area contributed by atoms with Gasteiger partial charge in [-0.2, -0.15) is 0 Å². The predicted octanol–water partition coefficient (Wildman–Crippen LogP) is 3.30. The van der Waals surface area contributed by atoms with Crippen molar-refractivity contribution in [1.82, 2.24) is 4.90 Å². The first-order valence-corrected chi connectivity index (χ1v) is 8.21. The third-order valence-electron chi connectivity index (χ3n) is 4.54. The molecule has 1 aromatic rings. The standard InChI is InChI=1S/C15H18BrClN2O/c16-13-4-2-9(6-14(13)17)15(20)19-7-10-1-3-12(18)5-11(10)8-19/h2,4,6,10-12H,1,3,5,7-8,18H2/t10-,11+,12?/m1/s1. The van der Waals surface area contributed by atoms with Crippen molar-refractivity contribution in [1.29, 1.82) is 0 Å². The van der Waals surface area contributed by atoms with Gasteiger partial charge in [-0.25, -0.2) is 0 Å². The first-order chi connectivity index (χ1) is 9.54. The monoisotopic (exact) mass is 356 g/mol. The van der Waals surface area contributed by atoms with Crippen molar-refractivity contribution in [3.63, 3.8) is 0 Å². The van der Waals surface area contributed by atoms with Gasteiger partial charge in [-0.1, -0.05) is 11.6 Å². The molecule has 1 aliphatic carbocycles. The maximum Gasteiger partial charge on any atom is 0.253 e. The minimum absolute atomic E-state index is 0.0855. The van der Waals surface area contributed by atoms with E-state index in [0.717, 1.165) is 36.8 Å². The zero-order chi connectivity index (χ0) is 14.3. The van der Waals surface area contributed by atoms with Crippen molar-refractivity contribution in [2.24, 2.45) is 17.6 Å². The van der Waals surface area contributed by atoms with Gasteiger partial charge in [0.05, 0.1) is 5.02 Å². The lowest BCUT2D eigenvalue weighted by molar-refractivity contribution is 0.0784. The molecule has 1 aromatic carbocycles. The van der Waals surface area contributed by atoms with Crippen LogP contribution in [-0.2, 0) is 0 Å². The topological polar surface area (TPSA) is 46.3 Å². The van der Waals surface area contributed by atoms with Gasteiger partial charge < -0.3 is 10.6 Å². The van der Waals surface area contributed by atoms with Crippen LogP contribution in [-0.4, -0.2) is 29.9 Å². The Morgan fingerprint density at radius 3 is 2.80 bits per heavy atom. The van der Waals surface area contributed by atoms with Gasteiger partial charge in [0.1, 0.15) is 0 Å². The van der Waals surface area contributed by atoms with Gasteiger partial charge in [-0.05, 0) is 65.2 Å². The van der Waals surface area contributed by atoms with E-state index in [1.165, 1.54) is 0 Å². The van der Waals surface area contributed by atoms with Crippen LogP contribution in [0.15, 0.2) is 22.7 Å². The summed E-state index contributed by atoms with van der Waals surface area (Å²) >= 11 is 9.42. The fraction of sp³-hybridized carbons (Fsp3) is 0.533. The van der Waals surface area contributed by atoms with Crippen LogP contribution in [0.1, 0.15) is 29.6 Å². The Morgan fingerprint density at radius 2 is 2.05 bits per heavy atom. The molecule has 0 bridgehead atoms. The van der Waals surface area contributed by atoms with Crippen LogP contribution in [0.2, 0.25) is 5.02 Å². The Balaban J connectivity index is 1.73. The molecule has 1 heterocycles. The molecule has 1 aliphatic heterocycles. The van der Waals surface area contributed by atoms with Crippen LogP contribution < -0.4 is 5.73 Å². The van der Waals surface area contributed by atoms with E-state index in [2.05, 4.69) is 15.9 Å². The molecule has 1 saturated carbocycles. The summed E-state index contributed by atoms with van der Waals surface area (Å²) in [5.74, 6) is 1.29. The van der Waals surface area contributed by atoms with Crippen molar-refractivity contribution in [2.45, 2.75) is 25.3 Å². The Labute approximate surface area is 132 Å². The molecule has 3 nitrogen and oxygen atoms in total. The number of fused-ring (bicyclic) bond motifs is 1. The fourth-order valence-electron chi connectivity index (χ4n) is 3.45. The van der Waals surface area contributed by atoms with E-state index in [0.29, 0.717) is 28.5 Å². The number of nitrogens with zero attached hydrogens (tertiary/aromatic N) is 1. The number of hydrogen-bond donors (Lipinski definition) is 1. The summed E-state index contributed by atoms with van der Waals surface area (Å²) < 4.78 is 0.816. The predicted molar refractivity (Wildman–Crippen MR) is 83.9 cm³/mol. The van der Waals surface area contributed by atoms with E-state index in [9.17, 15) is 4.79 Å². The molecule has 108 valence electrons. The molecular formula is C15H18BrClN2O. The second-order valence-electron chi connectivity index (χ2n) is 5.93. The zero-order valence-electron chi connectivity index (χ0n) is 11.2. The lowest BCUT2D eigenvalue weighted by atomic mass is 9.79. The van der Waals surface area contributed by atoms with E-state index in [1.54, 1.807) is 6.07 Å².